The van der Waals surface area contributed by atoms with Crippen LogP contribution in [0.15, 0.2) is 17.2 Å². The van der Waals surface area contributed by atoms with Crippen LogP contribution in [0.2, 0.25) is 0 Å². The lowest BCUT2D eigenvalue weighted by Gasteiger charge is -2.28. The molecule has 0 aliphatic carbocycles. The van der Waals surface area contributed by atoms with Crippen LogP contribution in [-0.4, -0.2) is 41.7 Å². The largest absolute Gasteiger partial charge is 0.507 e. The van der Waals surface area contributed by atoms with Gasteiger partial charge < -0.3 is 24.8 Å². The highest BCUT2D eigenvalue weighted by atomic mass is 16.5. The fourth-order valence-electron chi connectivity index (χ4n) is 3.48. The van der Waals surface area contributed by atoms with Crippen molar-refractivity contribution in [3.05, 3.63) is 39.9 Å². The second-order valence-corrected chi connectivity index (χ2v) is 9.92. The summed E-state index contributed by atoms with van der Waals surface area (Å²) in [4.78, 5) is 12.9. The van der Waals surface area contributed by atoms with Gasteiger partial charge in [0, 0.05) is 27.8 Å². The highest BCUT2D eigenvalue weighted by Crippen LogP contribution is 2.47. The Hall–Kier alpha value is -3.42. The standard InChI is InChI=1S/C25H34N2O6/c1-13-15(19(29)22(33-9)21(32-8)18(13)28)12-26-27-23(31)14-10-16(24(2,3)4)20(30)17(11-14)25(5,6)7/h10-12,28-30H,1-9H3,(H,27,31). The molecule has 33 heavy (non-hydrogen) atoms. The van der Waals surface area contributed by atoms with Gasteiger partial charge in [-0.1, -0.05) is 41.5 Å². The number of phenols is 3. The van der Waals surface area contributed by atoms with E-state index in [1.807, 2.05) is 41.5 Å². The molecule has 2 aromatic rings. The summed E-state index contributed by atoms with van der Waals surface area (Å²) in [6.07, 6.45) is 1.22. The average Bonchev–Trinajstić information content (AvgIpc) is 2.71. The molecular formula is C25H34N2O6. The summed E-state index contributed by atoms with van der Waals surface area (Å²) in [6, 6.07) is 3.31. The lowest BCUT2D eigenvalue weighted by molar-refractivity contribution is 0.0955. The second-order valence-electron chi connectivity index (χ2n) is 9.92. The first kappa shape index (κ1) is 25.8. The Labute approximate surface area is 194 Å². The summed E-state index contributed by atoms with van der Waals surface area (Å²) < 4.78 is 10.2. The maximum Gasteiger partial charge on any atom is 0.271 e. The molecule has 0 atom stereocenters. The molecule has 4 N–H and O–H groups in total. The van der Waals surface area contributed by atoms with Gasteiger partial charge in [0.1, 0.15) is 5.75 Å². The molecule has 0 bridgehead atoms. The van der Waals surface area contributed by atoms with Crippen LogP contribution in [0.25, 0.3) is 0 Å². The van der Waals surface area contributed by atoms with Crippen LogP contribution in [-0.2, 0) is 10.8 Å². The van der Waals surface area contributed by atoms with Crippen LogP contribution >= 0.6 is 0 Å². The molecule has 0 unspecified atom stereocenters. The molecule has 8 heteroatoms. The highest BCUT2D eigenvalue weighted by Gasteiger charge is 2.28. The SMILES string of the molecule is COc1c(O)c(C)c(C=NNC(=O)c2cc(C(C)(C)C)c(O)c(C(C)(C)C)c2)c(O)c1OC. The Morgan fingerprint density at radius 2 is 1.33 bits per heavy atom. The predicted molar refractivity (Wildman–Crippen MR) is 128 cm³/mol. The van der Waals surface area contributed by atoms with E-state index in [-0.39, 0.29) is 45.1 Å². The molecule has 0 saturated heterocycles. The molecule has 0 fully saturated rings. The van der Waals surface area contributed by atoms with Crippen LogP contribution in [0.1, 0.15) is 74.2 Å². The zero-order valence-electron chi connectivity index (χ0n) is 20.7. The molecule has 0 radical (unpaired) electrons. The van der Waals surface area contributed by atoms with Gasteiger partial charge in [-0.15, -0.1) is 0 Å². The number of ether oxygens (including phenoxy) is 2. The topological polar surface area (TPSA) is 121 Å². The first-order valence-electron chi connectivity index (χ1n) is 10.5. The number of carbonyl (C=O) groups excluding carboxylic acids is 1. The number of hydrogen-bond acceptors (Lipinski definition) is 7. The maximum absolute atomic E-state index is 12.9. The van der Waals surface area contributed by atoms with Gasteiger partial charge in [0.05, 0.1) is 20.4 Å². The lowest BCUT2D eigenvalue weighted by atomic mass is 9.78. The fourth-order valence-corrected chi connectivity index (χ4v) is 3.48. The van der Waals surface area contributed by atoms with Gasteiger partial charge >= 0.3 is 0 Å². The first-order valence-corrected chi connectivity index (χ1v) is 10.5. The molecule has 0 spiro atoms. The normalized spacial score (nSPS) is 12.2. The van der Waals surface area contributed by atoms with Gasteiger partial charge in [-0.25, -0.2) is 5.43 Å². The van der Waals surface area contributed by atoms with Gasteiger partial charge in [0.25, 0.3) is 5.91 Å². The van der Waals surface area contributed by atoms with Crippen LogP contribution in [0.4, 0.5) is 0 Å². The van der Waals surface area contributed by atoms with E-state index in [2.05, 4.69) is 10.5 Å². The Bertz CT molecular complexity index is 1060. The summed E-state index contributed by atoms with van der Waals surface area (Å²) in [6.45, 7) is 13.3. The van der Waals surface area contributed by atoms with Gasteiger partial charge in [0.2, 0.25) is 11.5 Å². The van der Waals surface area contributed by atoms with Crippen molar-refractivity contribution in [3.8, 4) is 28.7 Å². The molecular weight excluding hydrogens is 424 g/mol. The number of hydrazone groups is 1. The fraction of sp³-hybridized carbons (Fsp3) is 0.440. The molecule has 0 heterocycles. The van der Waals surface area contributed by atoms with Crippen LogP contribution < -0.4 is 14.9 Å². The van der Waals surface area contributed by atoms with E-state index < -0.39 is 5.91 Å². The predicted octanol–water partition coefficient (Wildman–Crippen LogP) is 4.49. The van der Waals surface area contributed by atoms with E-state index in [9.17, 15) is 20.1 Å². The van der Waals surface area contributed by atoms with Gasteiger partial charge in [-0.3, -0.25) is 4.79 Å². The van der Waals surface area contributed by atoms with Crippen molar-refractivity contribution in [3.63, 3.8) is 0 Å². The summed E-state index contributed by atoms with van der Waals surface area (Å²) in [5.41, 5.74) is 3.80. The molecule has 2 rings (SSSR count). The van der Waals surface area contributed by atoms with Crippen molar-refractivity contribution in [2.24, 2.45) is 5.10 Å². The quantitative estimate of drug-likeness (QED) is 0.298. The number of nitrogens with zero attached hydrogens (tertiary/aromatic N) is 1. The number of amides is 1. The minimum absolute atomic E-state index is 0.00204. The number of carbonyl (C=O) groups is 1. The Balaban J connectivity index is 2.46. The van der Waals surface area contributed by atoms with Crippen LogP contribution in [0, 0.1) is 6.92 Å². The third-order valence-electron chi connectivity index (χ3n) is 5.41. The van der Waals surface area contributed by atoms with Crippen LogP contribution in [0.5, 0.6) is 28.7 Å². The minimum atomic E-state index is -0.482. The van der Waals surface area contributed by atoms with E-state index in [1.165, 1.54) is 20.4 Å². The average molecular weight is 459 g/mol. The van der Waals surface area contributed by atoms with Crippen molar-refractivity contribution in [1.82, 2.24) is 5.43 Å². The molecule has 0 saturated carbocycles. The van der Waals surface area contributed by atoms with Gasteiger partial charge in [0.15, 0.2) is 11.5 Å². The van der Waals surface area contributed by atoms with Gasteiger partial charge in [-0.2, -0.15) is 5.10 Å². The number of nitrogens with one attached hydrogen (secondary N) is 1. The first-order chi connectivity index (χ1) is 15.1. The zero-order valence-corrected chi connectivity index (χ0v) is 20.7. The number of benzene rings is 2. The van der Waals surface area contributed by atoms with Gasteiger partial charge in [-0.05, 0) is 29.9 Å². The van der Waals surface area contributed by atoms with E-state index in [4.69, 9.17) is 9.47 Å². The number of methoxy groups -OCH3 is 2. The number of aromatic hydroxyl groups is 3. The molecule has 1 amide bonds. The molecule has 0 aliphatic rings. The van der Waals surface area contributed by atoms with Crippen molar-refractivity contribution >= 4 is 12.1 Å². The highest BCUT2D eigenvalue weighted by molar-refractivity contribution is 5.96. The zero-order chi connectivity index (χ0) is 25.3. The van der Waals surface area contributed by atoms with Crippen LogP contribution in [0.3, 0.4) is 0 Å². The molecule has 180 valence electrons. The smallest absolute Gasteiger partial charge is 0.271 e. The third-order valence-corrected chi connectivity index (χ3v) is 5.41. The second kappa shape index (κ2) is 9.21. The number of phenolic OH excluding ortho intramolecular Hbond substituents is 3. The van der Waals surface area contributed by atoms with E-state index >= 15 is 0 Å². The lowest BCUT2D eigenvalue weighted by Crippen LogP contribution is -2.22. The van der Waals surface area contributed by atoms with Crippen molar-refractivity contribution in [1.29, 1.82) is 0 Å². The molecule has 0 aliphatic heterocycles. The van der Waals surface area contributed by atoms with Crippen molar-refractivity contribution in [2.45, 2.75) is 59.3 Å². The number of hydrogen-bond donors (Lipinski definition) is 4. The Morgan fingerprint density at radius 3 is 1.76 bits per heavy atom. The van der Waals surface area contributed by atoms with E-state index in [0.29, 0.717) is 22.3 Å². The van der Waals surface area contributed by atoms with E-state index in [0.717, 1.165) is 0 Å². The Kier molecular flexibility index (Phi) is 7.21. The minimum Gasteiger partial charge on any atom is -0.507 e. The summed E-state index contributed by atoms with van der Waals surface area (Å²) in [7, 11) is 2.68. The monoisotopic (exact) mass is 458 g/mol. The summed E-state index contributed by atoms with van der Waals surface area (Å²) >= 11 is 0. The van der Waals surface area contributed by atoms with Crippen molar-refractivity contribution in [2.75, 3.05) is 14.2 Å². The summed E-state index contributed by atoms with van der Waals surface area (Å²) in [5.74, 6) is -0.834. The number of rotatable bonds is 5. The Morgan fingerprint density at radius 1 is 0.879 bits per heavy atom. The van der Waals surface area contributed by atoms with E-state index in [1.54, 1.807) is 19.1 Å². The summed E-state index contributed by atoms with van der Waals surface area (Å²) in [5, 5.41) is 35.7. The van der Waals surface area contributed by atoms with Crippen molar-refractivity contribution < 1.29 is 29.6 Å². The molecule has 0 aromatic heterocycles. The third kappa shape index (κ3) is 5.16. The molecule has 8 nitrogen and oxygen atoms in total. The maximum atomic E-state index is 12.9. The molecule has 2 aromatic carbocycles.